The van der Waals surface area contributed by atoms with E-state index in [1.54, 1.807) is 11.0 Å². The van der Waals surface area contributed by atoms with Gasteiger partial charge in [0.1, 0.15) is 11.9 Å². The van der Waals surface area contributed by atoms with E-state index in [-0.39, 0.29) is 17.9 Å². The van der Waals surface area contributed by atoms with Crippen LogP contribution in [0, 0.1) is 11.3 Å². The molecule has 1 atom stereocenters. The molecule has 1 aliphatic rings. The summed E-state index contributed by atoms with van der Waals surface area (Å²) in [6.45, 7) is 5.04. The molecule has 0 fully saturated rings. The van der Waals surface area contributed by atoms with Gasteiger partial charge in [-0.3, -0.25) is 5.10 Å². The van der Waals surface area contributed by atoms with Gasteiger partial charge in [0.05, 0.1) is 23.8 Å². The van der Waals surface area contributed by atoms with Crippen LogP contribution in [0.5, 0.6) is 0 Å². The van der Waals surface area contributed by atoms with Crippen LogP contribution >= 0.6 is 0 Å². The first-order chi connectivity index (χ1) is 15.8. The van der Waals surface area contributed by atoms with E-state index in [0.29, 0.717) is 24.7 Å². The molecular weight excluding hydrogens is 418 g/mol. The van der Waals surface area contributed by atoms with Gasteiger partial charge in [-0.05, 0) is 39.6 Å². The minimum atomic E-state index is -0.588. The molecule has 0 unspecified atom stereocenters. The minimum Gasteiger partial charge on any atom is -0.330 e. The van der Waals surface area contributed by atoms with E-state index >= 15 is 0 Å². The highest BCUT2D eigenvalue weighted by molar-refractivity contribution is 5.78. The van der Waals surface area contributed by atoms with Gasteiger partial charge in [0, 0.05) is 18.3 Å². The van der Waals surface area contributed by atoms with E-state index in [2.05, 4.69) is 35.7 Å². The topological polar surface area (TPSA) is 126 Å². The molecule has 4 rings (SSSR count). The number of nitriles is 1. The van der Waals surface area contributed by atoms with Crippen LogP contribution in [0.25, 0.3) is 0 Å². The predicted octanol–water partition coefficient (Wildman–Crippen LogP) is 2.88. The van der Waals surface area contributed by atoms with Gasteiger partial charge in [0.25, 0.3) is 0 Å². The van der Waals surface area contributed by atoms with Gasteiger partial charge in [0.15, 0.2) is 5.82 Å². The number of aromatic amines is 1. The van der Waals surface area contributed by atoms with E-state index in [9.17, 15) is 4.79 Å². The van der Waals surface area contributed by atoms with Gasteiger partial charge in [-0.15, -0.1) is 0 Å². The number of hydrogen-bond donors (Lipinski definition) is 3. The van der Waals surface area contributed by atoms with Crippen molar-refractivity contribution in [3.05, 3.63) is 65.2 Å². The van der Waals surface area contributed by atoms with E-state index in [1.165, 1.54) is 6.20 Å². The van der Waals surface area contributed by atoms with Crippen molar-refractivity contribution in [1.82, 2.24) is 35.3 Å². The van der Waals surface area contributed by atoms with Gasteiger partial charge in [-0.2, -0.15) is 10.4 Å². The van der Waals surface area contributed by atoms with E-state index in [0.717, 1.165) is 16.8 Å². The number of benzene rings is 1. The minimum absolute atomic E-state index is 0.0707. The number of carbonyl (C=O) groups is 1. The first kappa shape index (κ1) is 22.2. The van der Waals surface area contributed by atoms with Crippen molar-refractivity contribution < 1.29 is 4.79 Å². The summed E-state index contributed by atoms with van der Waals surface area (Å²) in [6, 6.07) is 13.3. The standard InChI is InChI=1S/C23H27N9O/c1-23(2)20-16(21(30-29-20)28-18-10-11-25-19(12-24)27-18)13-32(23)22(33)26-17(14-31(3)4)15-8-6-5-7-9-15/h5-11,17H,13-14H2,1-4H3,(H,26,33)(H2,25,27,28,29,30)/t17-/m1/s1. The third-order valence-corrected chi connectivity index (χ3v) is 5.76. The summed E-state index contributed by atoms with van der Waals surface area (Å²) in [5, 5.41) is 22.8. The molecule has 0 saturated heterocycles. The summed E-state index contributed by atoms with van der Waals surface area (Å²) in [5.74, 6) is 1.11. The average molecular weight is 446 g/mol. The number of rotatable bonds is 6. The molecule has 0 spiro atoms. The van der Waals surface area contributed by atoms with E-state index in [1.807, 2.05) is 64.3 Å². The van der Waals surface area contributed by atoms with Crippen molar-refractivity contribution >= 4 is 17.7 Å². The van der Waals surface area contributed by atoms with Gasteiger partial charge < -0.3 is 20.4 Å². The molecular formula is C23H27N9O. The smallest absolute Gasteiger partial charge is 0.319 e. The Hall–Kier alpha value is -3.97. The number of urea groups is 1. The van der Waals surface area contributed by atoms with E-state index < -0.39 is 5.54 Å². The zero-order chi connectivity index (χ0) is 23.6. The Labute approximate surface area is 192 Å². The lowest BCUT2D eigenvalue weighted by molar-refractivity contribution is 0.138. The molecule has 3 heterocycles. The lowest BCUT2D eigenvalue weighted by atomic mass is 10.0. The Bertz CT molecular complexity index is 1180. The summed E-state index contributed by atoms with van der Waals surface area (Å²) in [7, 11) is 3.97. The molecule has 33 heavy (non-hydrogen) atoms. The highest BCUT2D eigenvalue weighted by Crippen LogP contribution is 2.41. The number of likely N-dealkylation sites (N-methyl/N-ethyl adjacent to an activating group) is 1. The molecule has 3 N–H and O–H groups in total. The number of nitrogens with zero attached hydrogens (tertiary/aromatic N) is 6. The summed E-state index contributed by atoms with van der Waals surface area (Å²) >= 11 is 0. The molecule has 1 aromatic carbocycles. The van der Waals surface area contributed by atoms with Gasteiger partial charge in [-0.1, -0.05) is 30.3 Å². The number of fused-ring (bicyclic) bond motifs is 1. The number of aromatic nitrogens is 4. The fourth-order valence-corrected chi connectivity index (χ4v) is 4.06. The molecule has 2 amide bonds. The lowest BCUT2D eigenvalue weighted by Gasteiger charge is -2.34. The van der Waals surface area contributed by atoms with Crippen molar-refractivity contribution in [2.45, 2.75) is 32.0 Å². The lowest BCUT2D eigenvalue weighted by Crippen LogP contribution is -2.48. The maximum Gasteiger partial charge on any atom is 0.319 e. The van der Waals surface area contributed by atoms with Crippen molar-refractivity contribution in [2.75, 3.05) is 26.0 Å². The summed E-state index contributed by atoms with van der Waals surface area (Å²) in [5.41, 5.74) is 2.21. The Morgan fingerprint density at radius 3 is 2.76 bits per heavy atom. The molecule has 0 saturated carbocycles. The van der Waals surface area contributed by atoms with Crippen LogP contribution in [0.2, 0.25) is 0 Å². The first-order valence-electron chi connectivity index (χ1n) is 10.6. The number of anilines is 2. The largest absolute Gasteiger partial charge is 0.330 e. The molecule has 0 radical (unpaired) electrons. The average Bonchev–Trinajstić information content (AvgIpc) is 3.31. The van der Waals surface area contributed by atoms with Crippen LogP contribution in [0.4, 0.5) is 16.4 Å². The third kappa shape index (κ3) is 4.49. The Kier molecular flexibility index (Phi) is 5.98. The van der Waals surface area contributed by atoms with Crippen molar-refractivity contribution in [2.24, 2.45) is 0 Å². The van der Waals surface area contributed by atoms with Gasteiger partial charge >= 0.3 is 6.03 Å². The monoisotopic (exact) mass is 445 g/mol. The summed E-state index contributed by atoms with van der Waals surface area (Å²) in [6.07, 6.45) is 1.51. The molecule has 10 heteroatoms. The van der Waals surface area contributed by atoms with Crippen LogP contribution < -0.4 is 10.6 Å². The highest BCUT2D eigenvalue weighted by Gasteiger charge is 2.44. The zero-order valence-electron chi connectivity index (χ0n) is 19.1. The fourth-order valence-electron chi connectivity index (χ4n) is 4.06. The Morgan fingerprint density at radius 2 is 2.06 bits per heavy atom. The van der Waals surface area contributed by atoms with Crippen LogP contribution in [0.1, 0.15) is 42.5 Å². The number of H-pyrrole nitrogens is 1. The molecule has 2 aromatic heterocycles. The van der Waals surface area contributed by atoms with E-state index in [4.69, 9.17) is 5.26 Å². The van der Waals surface area contributed by atoms with Crippen LogP contribution in [0.3, 0.4) is 0 Å². The highest BCUT2D eigenvalue weighted by atomic mass is 16.2. The maximum absolute atomic E-state index is 13.4. The second kappa shape index (κ2) is 8.88. The van der Waals surface area contributed by atoms with Crippen LogP contribution in [0.15, 0.2) is 42.6 Å². The SMILES string of the molecule is CN(C)C[C@@H](NC(=O)N1Cc2c(Nc3ccnc(C#N)n3)n[nH]c2C1(C)C)c1ccccc1. The molecule has 0 aliphatic carbocycles. The third-order valence-electron chi connectivity index (χ3n) is 5.76. The molecule has 3 aromatic rings. The second-order valence-corrected chi connectivity index (χ2v) is 8.75. The summed E-state index contributed by atoms with van der Waals surface area (Å²) in [4.78, 5) is 25.3. The Morgan fingerprint density at radius 1 is 1.30 bits per heavy atom. The Balaban J connectivity index is 1.55. The van der Waals surface area contributed by atoms with Crippen LogP contribution in [-0.2, 0) is 12.1 Å². The number of hydrogen-bond acceptors (Lipinski definition) is 7. The summed E-state index contributed by atoms with van der Waals surface area (Å²) < 4.78 is 0. The van der Waals surface area contributed by atoms with Gasteiger partial charge in [0.2, 0.25) is 5.82 Å². The van der Waals surface area contributed by atoms with Crippen LogP contribution in [-0.4, -0.2) is 56.6 Å². The predicted molar refractivity (Wildman–Crippen MR) is 123 cm³/mol. The van der Waals surface area contributed by atoms with Crippen molar-refractivity contribution in [1.29, 1.82) is 5.26 Å². The quantitative estimate of drug-likeness (QED) is 0.533. The fraction of sp³-hybridized carbons (Fsp3) is 0.348. The normalized spacial score (nSPS) is 15.1. The number of carbonyl (C=O) groups excluding carboxylic acids is 1. The maximum atomic E-state index is 13.4. The van der Waals surface area contributed by atoms with Crippen molar-refractivity contribution in [3.63, 3.8) is 0 Å². The number of amides is 2. The number of nitrogens with one attached hydrogen (secondary N) is 3. The zero-order valence-corrected chi connectivity index (χ0v) is 19.1. The first-order valence-corrected chi connectivity index (χ1v) is 10.6. The molecule has 170 valence electrons. The molecule has 0 bridgehead atoms. The molecule has 10 nitrogen and oxygen atoms in total. The van der Waals surface area contributed by atoms with Crippen molar-refractivity contribution in [3.8, 4) is 6.07 Å². The molecule has 1 aliphatic heterocycles. The second-order valence-electron chi connectivity index (χ2n) is 8.75. The van der Waals surface area contributed by atoms with Gasteiger partial charge in [-0.25, -0.2) is 14.8 Å².